The summed E-state index contributed by atoms with van der Waals surface area (Å²) in [5.41, 5.74) is 0.168. The van der Waals surface area contributed by atoms with Gasteiger partial charge in [-0.1, -0.05) is 29.8 Å². The van der Waals surface area contributed by atoms with Crippen molar-refractivity contribution in [3.05, 3.63) is 115 Å². The average molecular weight is 467 g/mol. The Kier molecular flexibility index (Phi) is 7.11. The van der Waals surface area contributed by atoms with Crippen molar-refractivity contribution in [1.29, 1.82) is 0 Å². The molecule has 3 aromatic rings. The fraction of sp³-hybridized carbons (Fsp3) is 0. The summed E-state index contributed by atoms with van der Waals surface area (Å²) in [5, 5.41) is 27.2. The van der Waals surface area contributed by atoms with E-state index in [4.69, 9.17) is 11.6 Å². The Hall–Kier alpha value is -4.57. The maximum absolute atomic E-state index is 12.9. The molecule has 0 saturated carbocycles. The molecule has 0 saturated heterocycles. The van der Waals surface area contributed by atoms with Gasteiger partial charge < -0.3 is 10.6 Å². The number of benzene rings is 3. The monoisotopic (exact) mass is 466 g/mol. The normalized spacial score (nSPS) is 10.9. The van der Waals surface area contributed by atoms with Gasteiger partial charge in [-0.25, -0.2) is 0 Å². The summed E-state index contributed by atoms with van der Waals surface area (Å²) < 4.78 is 0. The number of nitrogens with zero attached hydrogens (tertiary/aromatic N) is 2. The van der Waals surface area contributed by atoms with Crippen molar-refractivity contribution < 1.29 is 19.4 Å². The molecule has 0 aliphatic carbocycles. The number of carbonyl (C=O) groups excluding carboxylic acids is 2. The van der Waals surface area contributed by atoms with Crippen LogP contribution >= 0.6 is 11.6 Å². The Morgan fingerprint density at radius 1 is 0.848 bits per heavy atom. The molecule has 3 rings (SSSR count). The van der Waals surface area contributed by atoms with Crippen LogP contribution in [0.1, 0.15) is 15.9 Å². The van der Waals surface area contributed by atoms with Gasteiger partial charge in [0.05, 0.1) is 9.85 Å². The van der Waals surface area contributed by atoms with Gasteiger partial charge in [-0.15, -0.1) is 0 Å². The number of hydrogen-bond acceptors (Lipinski definition) is 6. The first kappa shape index (κ1) is 23.1. The summed E-state index contributed by atoms with van der Waals surface area (Å²) in [7, 11) is 0. The van der Waals surface area contributed by atoms with Gasteiger partial charge in [-0.05, 0) is 42.0 Å². The molecule has 2 N–H and O–H groups in total. The lowest BCUT2D eigenvalue weighted by Crippen LogP contribution is -2.30. The molecule has 10 nitrogen and oxygen atoms in total. The first-order valence-corrected chi connectivity index (χ1v) is 9.69. The summed E-state index contributed by atoms with van der Waals surface area (Å²) in [5.74, 6) is -1.38. The Labute approximate surface area is 191 Å². The Balaban J connectivity index is 1.92. The standard InChI is InChI=1S/C22H15ClN4O6/c23-16-5-2-4-15(13-16)21(28)25-20(12-14-3-1-6-19(11-14)27(32)33)22(29)24-17-7-9-18(10-8-17)26(30)31/h1-13H,(H,24,29)(H,25,28). The molecule has 33 heavy (non-hydrogen) atoms. The highest BCUT2D eigenvalue weighted by Gasteiger charge is 2.17. The zero-order chi connectivity index (χ0) is 24.0. The molecule has 3 aromatic carbocycles. The molecule has 0 spiro atoms. The third-order valence-corrected chi connectivity index (χ3v) is 4.54. The maximum atomic E-state index is 12.9. The van der Waals surface area contributed by atoms with Crippen LogP contribution in [-0.4, -0.2) is 21.7 Å². The zero-order valence-corrected chi connectivity index (χ0v) is 17.5. The van der Waals surface area contributed by atoms with E-state index in [1.807, 2.05) is 0 Å². The predicted octanol–water partition coefficient (Wildman–Crippen LogP) is 4.57. The predicted molar refractivity (Wildman–Crippen MR) is 122 cm³/mol. The second kappa shape index (κ2) is 10.2. The quantitative estimate of drug-likeness (QED) is 0.296. The van der Waals surface area contributed by atoms with Gasteiger partial charge >= 0.3 is 0 Å². The summed E-state index contributed by atoms with van der Waals surface area (Å²) in [4.78, 5) is 46.3. The molecule has 0 unspecified atom stereocenters. The van der Waals surface area contributed by atoms with E-state index in [0.717, 1.165) is 0 Å². The van der Waals surface area contributed by atoms with Crippen molar-refractivity contribution in [3.8, 4) is 0 Å². The van der Waals surface area contributed by atoms with Gasteiger partial charge in [0.2, 0.25) is 0 Å². The maximum Gasteiger partial charge on any atom is 0.272 e. The summed E-state index contributed by atoms with van der Waals surface area (Å²) in [6.45, 7) is 0. The van der Waals surface area contributed by atoms with Gasteiger partial charge in [0, 0.05) is 40.5 Å². The molecule has 0 aromatic heterocycles. The highest BCUT2D eigenvalue weighted by molar-refractivity contribution is 6.31. The number of carbonyl (C=O) groups is 2. The fourth-order valence-electron chi connectivity index (χ4n) is 2.74. The van der Waals surface area contributed by atoms with Crippen LogP contribution in [-0.2, 0) is 4.79 Å². The second-order valence-electron chi connectivity index (χ2n) is 6.63. The van der Waals surface area contributed by atoms with Crippen LogP contribution in [0.4, 0.5) is 17.1 Å². The minimum atomic E-state index is -0.745. The lowest BCUT2D eigenvalue weighted by Gasteiger charge is -2.11. The SMILES string of the molecule is O=C(Nc1ccc([N+](=O)[O-])cc1)C(=Cc1cccc([N+](=O)[O-])c1)NC(=O)c1cccc(Cl)c1. The van der Waals surface area contributed by atoms with Gasteiger partial charge in [0.15, 0.2) is 0 Å². The van der Waals surface area contributed by atoms with Crippen LogP contribution in [0.5, 0.6) is 0 Å². The van der Waals surface area contributed by atoms with E-state index in [9.17, 15) is 29.8 Å². The van der Waals surface area contributed by atoms with Crippen molar-refractivity contribution in [2.45, 2.75) is 0 Å². The first-order chi connectivity index (χ1) is 15.7. The Bertz CT molecular complexity index is 1270. The average Bonchev–Trinajstić information content (AvgIpc) is 2.79. The lowest BCUT2D eigenvalue weighted by atomic mass is 10.1. The highest BCUT2D eigenvalue weighted by atomic mass is 35.5. The molecule has 0 aliphatic rings. The summed E-state index contributed by atoms with van der Waals surface area (Å²) in [6, 6.07) is 16.7. The van der Waals surface area contributed by atoms with E-state index in [1.165, 1.54) is 66.7 Å². The number of halogens is 1. The van der Waals surface area contributed by atoms with Gasteiger partial charge in [0.1, 0.15) is 5.70 Å². The van der Waals surface area contributed by atoms with Crippen molar-refractivity contribution >= 4 is 46.6 Å². The number of non-ortho nitro benzene ring substituents is 2. The number of hydrogen-bond donors (Lipinski definition) is 2. The minimum absolute atomic E-state index is 0.158. The van der Waals surface area contributed by atoms with E-state index in [2.05, 4.69) is 10.6 Å². The van der Waals surface area contributed by atoms with Crippen molar-refractivity contribution in [3.63, 3.8) is 0 Å². The smallest absolute Gasteiger partial charge is 0.272 e. The van der Waals surface area contributed by atoms with Crippen LogP contribution in [0.25, 0.3) is 6.08 Å². The molecular weight excluding hydrogens is 452 g/mol. The van der Waals surface area contributed by atoms with E-state index in [-0.39, 0.29) is 28.3 Å². The van der Waals surface area contributed by atoms with Gasteiger partial charge in [0.25, 0.3) is 23.2 Å². The van der Waals surface area contributed by atoms with Crippen LogP contribution in [0.2, 0.25) is 5.02 Å². The third kappa shape index (κ3) is 6.21. The number of amides is 2. The molecule has 166 valence electrons. The molecular formula is C22H15ClN4O6. The highest BCUT2D eigenvalue weighted by Crippen LogP contribution is 2.19. The number of anilines is 1. The second-order valence-corrected chi connectivity index (χ2v) is 7.07. The summed E-state index contributed by atoms with van der Waals surface area (Å²) >= 11 is 5.92. The van der Waals surface area contributed by atoms with E-state index < -0.39 is 21.7 Å². The van der Waals surface area contributed by atoms with Crippen molar-refractivity contribution in [1.82, 2.24) is 5.32 Å². The van der Waals surface area contributed by atoms with Crippen LogP contribution in [0, 0.1) is 20.2 Å². The third-order valence-electron chi connectivity index (χ3n) is 4.31. The number of rotatable bonds is 7. The molecule has 0 bridgehead atoms. The Morgan fingerprint density at radius 2 is 1.52 bits per heavy atom. The number of nitrogens with one attached hydrogen (secondary N) is 2. The number of nitro groups is 2. The largest absolute Gasteiger partial charge is 0.321 e. The molecule has 11 heteroatoms. The molecule has 0 fully saturated rings. The number of nitro benzene ring substituents is 2. The molecule has 0 atom stereocenters. The van der Waals surface area contributed by atoms with Gasteiger partial charge in [-0.3, -0.25) is 29.8 Å². The van der Waals surface area contributed by atoms with E-state index in [1.54, 1.807) is 12.1 Å². The van der Waals surface area contributed by atoms with Crippen LogP contribution in [0.15, 0.2) is 78.5 Å². The molecule has 0 aliphatic heterocycles. The first-order valence-electron chi connectivity index (χ1n) is 9.32. The minimum Gasteiger partial charge on any atom is -0.321 e. The zero-order valence-electron chi connectivity index (χ0n) is 16.7. The molecule has 2 amide bonds. The Morgan fingerprint density at radius 3 is 2.15 bits per heavy atom. The van der Waals surface area contributed by atoms with Crippen LogP contribution < -0.4 is 10.6 Å². The topological polar surface area (TPSA) is 144 Å². The summed E-state index contributed by atoms with van der Waals surface area (Å²) in [6.07, 6.45) is 1.27. The molecule has 0 heterocycles. The van der Waals surface area contributed by atoms with E-state index in [0.29, 0.717) is 10.6 Å². The van der Waals surface area contributed by atoms with Crippen LogP contribution in [0.3, 0.4) is 0 Å². The molecule has 0 radical (unpaired) electrons. The van der Waals surface area contributed by atoms with Gasteiger partial charge in [-0.2, -0.15) is 0 Å². The van der Waals surface area contributed by atoms with Crippen molar-refractivity contribution in [2.75, 3.05) is 5.32 Å². The van der Waals surface area contributed by atoms with E-state index >= 15 is 0 Å². The fourth-order valence-corrected chi connectivity index (χ4v) is 2.93. The lowest BCUT2D eigenvalue weighted by molar-refractivity contribution is -0.385. The van der Waals surface area contributed by atoms with Crippen molar-refractivity contribution in [2.24, 2.45) is 0 Å².